The molecule has 3 rings (SSSR count). The average Bonchev–Trinajstić information content (AvgIpc) is 2.83. The normalized spacial score (nSPS) is 33.6. The summed E-state index contributed by atoms with van der Waals surface area (Å²) in [6.45, 7) is 2.26. The van der Waals surface area contributed by atoms with E-state index in [9.17, 15) is 0 Å². The van der Waals surface area contributed by atoms with Crippen molar-refractivity contribution in [3.05, 3.63) is 33.8 Å². The van der Waals surface area contributed by atoms with Crippen LogP contribution in [0.1, 0.15) is 42.7 Å². The molecule has 0 nitrogen and oxygen atoms in total. The number of hydrogen-bond donors (Lipinski definition) is 0. The van der Waals surface area contributed by atoms with E-state index in [4.69, 9.17) is 0 Å². The largest absolute Gasteiger partial charge is 0.0579 e. The zero-order chi connectivity index (χ0) is 10.4. The molecule has 2 saturated carbocycles. The highest BCUT2D eigenvalue weighted by atomic mass is 79.9. The third-order valence-electron chi connectivity index (χ3n) is 4.38. The Kier molecular flexibility index (Phi) is 2.39. The second-order valence-electron chi connectivity index (χ2n) is 5.28. The molecule has 2 aliphatic rings. The third kappa shape index (κ3) is 1.65. The van der Waals surface area contributed by atoms with Crippen LogP contribution in [0.2, 0.25) is 0 Å². The highest BCUT2D eigenvalue weighted by Crippen LogP contribution is 2.53. The SMILES string of the molecule is Cc1ccc(Br)cc1C1CC2CCC1C2. The summed E-state index contributed by atoms with van der Waals surface area (Å²) in [7, 11) is 0. The Morgan fingerprint density at radius 2 is 2.07 bits per heavy atom. The molecule has 0 saturated heterocycles. The molecular formula is C14H17Br. The Balaban J connectivity index is 1.96. The van der Waals surface area contributed by atoms with Crippen molar-refractivity contribution in [2.45, 2.75) is 38.5 Å². The topological polar surface area (TPSA) is 0 Å². The maximum atomic E-state index is 3.60. The highest BCUT2D eigenvalue weighted by Gasteiger charge is 2.40. The summed E-state index contributed by atoms with van der Waals surface area (Å²) < 4.78 is 1.24. The highest BCUT2D eigenvalue weighted by molar-refractivity contribution is 9.10. The molecule has 0 radical (unpaired) electrons. The third-order valence-corrected chi connectivity index (χ3v) is 4.87. The van der Waals surface area contributed by atoms with Gasteiger partial charge in [0.05, 0.1) is 0 Å². The summed E-state index contributed by atoms with van der Waals surface area (Å²) in [6, 6.07) is 6.76. The molecule has 0 N–H and O–H groups in total. The molecule has 2 aliphatic carbocycles. The lowest BCUT2D eigenvalue weighted by Crippen LogP contribution is -2.09. The molecule has 2 fully saturated rings. The van der Waals surface area contributed by atoms with Gasteiger partial charge in [-0.05, 0) is 67.2 Å². The first-order chi connectivity index (χ1) is 7.24. The van der Waals surface area contributed by atoms with Crippen LogP contribution in [-0.2, 0) is 0 Å². The second-order valence-corrected chi connectivity index (χ2v) is 6.20. The van der Waals surface area contributed by atoms with Gasteiger partial charge in [0.2, 0.25) is 0 Å². The molecule has 80 valence electrons. The first kappa shape index (κ1) is 9.89. The lowest BCUT2D eigenvalue weighted by molar-refractivity contribution is 0.418. The summed E-state index contributed by atoms with van der Waals surface area (Å²) in [5.41, 5.74) is 3.09. The van der Waals surface area contributed by atoms with Crippen LogP contribution in [0.25, 0.3) is 0 Å². The smallest absolute Gasteiger partial charge is 0.0178 e. The lowest BCUT2D eigenvalue weighted by Gasteiger charge is -2.23. The van der Waals surface area contributed by atoms with E-state index in [1.54, 1.807) is 5.56 Å². The van der Waals surface area contributed by atoms with Gasteiger partial charge in [-0.2, -0.15) is 0 Å². The summed E-state index contributed by atoms with van der Waals surface area (Å²) in [5, 5.41) is 0. The fraction of sp³-hybridized carbons (Fsp3) is 0.571. The summed E-state index contributed by atoms with van der Waals surface area (Å²) in [5.74, 6) is 2.89. The quantitative estimate of drug-likeness (QED) is 0.692. The van der Waals surface area contributed by atoms with Crippen LogP contribution in [0, 0.1) is 18.8 Å². The van der Waals surface area contributed by atoms with Crippen LogP contribution in [-0.4, -0.2) is 0 Å². The molecule has 2 bridgehead atoms. The van der Waals surface area contributed by atoms with Gasteiger partial charge in [0.15, 0.2) is 0 Å². The van der Waals surface area contributed by atoms with Crippen LogP contribution >= 0.6 is 15.9 Å². The zero-order valence-corrected chi connectivity index (χ0v) is 10.8. The fourth-order valence-electron chi connectivity index (χ4n) is 3.64. The molecule has 1 aromatic carbocycles. The van der Waals surface area contributed by atoms with E-state index in [0.29, 0.717) is 0 Å². The van der Waals surface area contributed by atoms with Crippen molar-refractivity contribution < 1.29 is 0 Å². The van der Waals surface area contributed by atoms with E-state index in [1.165, 1.54) is 35.7 Å². The van der Waals surface area contributed by atoms with E-state index in [0.717, 1.165) is 17.8 Å². The molecule has 1 heteroatoms. The summed E-state index contributed by atoms with van der Waals surface area (Å²) in [6.07, 6.45) is 5.91. The van der Waals surface area contributed by atoms with Crippen molar-refractivity contribution >= 4 is 15.9 Å². The van der Waals surface area contributed by atoms with Gasteiger partial charge in [-0.1, -0.05) is 28.4 Å². The Morgan fingerprint density at radius 3 is 2.73 bits per heavy atom. The molecule has 3 atom stereocenters. The maximum absolute atomic E-state index is 3.60. The van der Waals surface area contributed by atoms with E-state index in [-0.39, 0.29) is 0 Å². The van der Waals surface area contributed by atoms with E-state index in [2.05, 4.69) is 41.1 Å². The molecule has 0 aliphatic heterocycles. The van der Waals surface area contributed by atoms with E-state index < -0.39 is 0 Å². The number of aryl methyl sites for hydroxylation is 1. The van der Waals surface area contributed by atoms with Gasteiger partial charge < -0.3 is 0 Å². The van der Waals surface area contributed by atoms with Crippen LogP contribution in [0.15, 0.2) is 22.7 Å². The Hall–Kier alpha value is -0.300. The number of benzene rings is 1. The molecule has 0 spiro atoms. The molecule has 0 heterocycles. The summed E-state index contributed by atoms with van der Waals surface area (Å²) in [4.78, 5) is 0. The lowest BCUT2D eigenvalue weighted by atomic mass is 9.82. The van der Waals surface area contributed by atoms with Crippen molar-refractivity contribution in [3.8, 4) is 0 Å². The number of hydrogen-bond acceptors (Lipinski definition) is 0. The molecule has 15 heavy (non-hydrogen) atoms. The van der Waals surface area contributed by atoms with Crippen LogP contribution in [0.4, 0.5) is 0 Å². The van der Waals surface area contributed by atoms with Gasteiger partial charge in [0, 0.05) is 4.47 Å². The predicted octanol–water partition coefficient (Wildman–Crippen LogP) is 4.66. The minimum atomic E-state index is 0.862. The van der Waals surface area contributed by atoms with Gasteiger partial charge >= 0.3 is 0 Å². The van der Waals surface area contributed by atoms with Gasteiger partial charge in [-0.15, -0.1) is 0 Å². The van der Waals surface area contributed by atoms with Gasteiger partial charge in [-0.3, -0.25) is 0 Å². The van der Waals surface area contributed by atoms with Crippen LogP contribution in [0.3, 0.4) is 0 Å². The van der Waals surface area contributed by atoms with Crippen molar-refractivity contribution in [1.82, 2.24) is 0 Å². The molecule has 1 aromatic rings. The van der Waals surface area contributed by atoms with Crippen molar-refractivity contribution in [2.75, 3.05) is 0 Å². The van der Waals surface area contributed by atoms with Crippen LogP contribution in [0.5, 0.6) is 0 Å². The van der Waals surface area contributed by atoms with Crippen molar-refractivity contribution in [1.29, 1.82) is 0 Å². The van der Waals surface area contributed by atoms with E-state index >= 15 is 0 Å². The minimum absolute atomic E-state index is 0.862. The number of halogens is 1. The minimum Gasteiger partial charge on any atom is -0.0579 e. The van der Waals surface area contributed by atoms with Gasteiger partial charge in [0.25, 0.3) is 0 Å². The Morgan fingerprint density at radius 1 is 1.20 bits per heavy atom. The summed E-state index contributed by atoms with van der Waals surface area (Å²) >= 11 is 3.60. The molecule has 0 aromatic heterocycles. The Bertz CT molecular complexity index is 383. The predicted molar refractivity (Wildman–Crippen MR) is 67.1 cm³/mol. The monoisotopic (exact) mass is 264 g/mol. The standard InChI is InChI=1S/C14H17Br/c1-9-2-5-12(15)8-13(9)14-7-10-3-4-11(14)6-10/h2,5,8,10-11,14H,3-4,6-7H2,1H3. The van der Waals surface area contributed by atoms with Gasteiger partial charge in [0.1, 0.15) is 0 Å². The fourth-order valence-corrected chi connectivity index (χ4v) is 4.02. The molecule has 0 amide bonds. The Labute approximate surface area is 100 Å². The first-order valence-corrected chi connectivity index (χ1v) is 6.79. The van der Waals surface area contributed by atoms with Gasteiger partial charge in [-0.25, -0.2) is 0 Å². The second kappa shape index (κ2) is 3.62. The molecule has 3 unspecified atom stereocenters. The van der Waals surface area contributed by atoms with Crippen molar-refractivity contribution in [3.63, 3.8) is 0 Å². The van der Waals surface area contributed by atoms with Crippen molar-refractivity contribution in [2.24, 2.45) is 11.8 Å². The van der Waals surface area contributed by atoms with Crippen LogP contribution < -0.4 is 0 Å². The van der Waals surface area contributed by atoms with E-state index in [1.807, 2.05) is 0 Å². The molecular weight excluding hydrogens is 248 g/mol. The zero-order valence-electron chi connectivity index (χ0n) is 9.17. The number of fused-ring (bicyclic) bond motifs is 2. The number of rotatable bonds is 1. The average molecular weight is 265 g/mol. The maximum Gasteiger partial charge on any atom is 0.0178 e. The first-order valence-electron chi connectivity index (χ1n) is 6.00.